The molecule has 1 atom stereocenters. The van der Waals surface area contributed by atoms with Gasteiger partial charge in [0.05, 0.1) is 0 Å². The largest absolute Gasteiger partial charge is 0.469 e. The van der Waals surface area contributed by atoms with Gasteiger partial charge < -0.3 is 4.74 Å². The van der Waals surface area contributed by atoms with Gasteiger partial charge in [0.1, 0.15) is 6.10 Å². The van der Waals surface area contributed by atoms with Gasteiger partial charge in [0, 0.05) is 11.8 Å². The lowest BCUT2D eigenvalue weighted by Crippen LogP contribution is -2.04. The molecule has 1 aliphatic carbocycles. The van der Waals surface area contributed by atoms with Crippen molar-refractivity contribution in [3.8, 4) is 5.88 Å². The molecule has 0 spiro atoms. The van der Waals surface area contributed by atoms with Crippen molar-refractivity contribution in [2.75, 3.05) is 0 Å². The molecule has 1 aliphatic rings. The van der Waals surface area contributed by atoms with Crippen LogP contribution in [0, 0.1) is 6.92 Å². The van der Waals surface area contributed by atoms with Gasteiger partial charge in [-0.2, -0.15) is 0 Å². The molecule has 0 bridgehead atoms. The monoisotopic (exact) mass is 225 g/mol. The number of fused-ring (bicyclic) bond motifs is 1. The number of rotatable bonds is 2. The highest BCUT2D eigenvalue weighted by Crippen LogP contribution is 2.34. The number of benzene rings is 1. The first-order valence-corrected chi connectivity index (χ1v) is 6.01. The molecule has 0 saturated carbocycles. The highest BCUT2D eigenvalue weighted by atomic mass is 16.5. The number of aromatic nitrogens is 1. The molecule has 0 fully saturated rings. The van der Waals surface area contributed by atoms with Crippen LogP contribution in [0.15, 0.2) is 42.5 Å². The van der Waals surface area contributed by atoms with Gasteiger partial charge in [-0.05, 0) is 37.0 Å². The Bertz CT molecular complexity index is 536. The van der Waals surface area contributed by atoms with E-state index in [2.05, 4.69) is 29.2 Å². The Morgan fingerprint density at radius 2 is 2.00 bits per heavy atom. The third kappa shape index (κ3) is 2.03. The smallest absolute Gasteiger partial charge is 0.214 e. The first-order valence-electron chi connectivity index (χ1n) is 6.01. The summed E-state index contributed by atoms with van der Waals surface area (Å²) in [7, 11) is 0. The molecular formula is C15H15NO. The number of ether oxygens (including phenoxy) is 1. The third-order valence-electron chi connectivity index (χ3n) is 3.20. The van der Waals surface area contributed by atoms with E-state index in [0.717, 1.165) is 24.4 Å². The van der Waals surface area contributed by atoms with Gasteiger partial charge in [-0.15, -0.1) is 0 Å². The first kappa shape index (κ1) is 10.3. The van der Waals surface area contributed by atoms with E-state index in [1.807, 2.05) is 25.1 Å². The summed E-state index contributed by atoms with van der Waals surface area (Å²) in [4.78, 5) is 4.39. The summed E-state index contributed by atoms with van der Waals surface area (Å²) in [5.41, 5.74) is 3.72. The van der Waals surface area contributed by atoms with Crippen molar-refractivity contribution in [3.63, 3.8) is 0 Å². The molecule has 86 valence electrons. The SMILES string of the molecule is Cc1cccc(OC2CCc3ccccc32)n1. The second-order valence-electron chi connectivity index (χ2n) is 4.46. The summed E-state index contributed by atoms with van der Waals surface area (Å²) in [6.07, 6.45) is 2.32. The molecule has 2 heteroatoms. The maximum atomic E-state index is 5.97. The summed E-state index contributed by atoms with van der Waals surface area (Å²) in [6, 6.07) is 14.4. The Hall–Kier alpha value is -1.83. The normalized spacial score (nSPS) is 17.8. The predicted molar refractivity (Wildman–Crippen MR) is 67.1 cm³/mol. The summed E-state index contributed by atoms with van der Waals surface area (Å²) < 4.78 is 5.97. The van der Waals surface area contributed by atoms with E-state index in [-0.39, 0.29) is 6.10 Å². The Labute approximate surface area is 101 Å². The van der Waals surface area contributed by atoms with Crippen LogP contribution in [0.4, 0.5) is 0 Å². The summed E-state index contributed by atoms with van der Waals surface area (Å²) >= 11 is 0. The van der Waals surface area contributed by atoms with Crippen molar-refractivity contribution in [2.45, 2.75) is 25.9 Å². The van der Waals surface area contributed by atoms with Crippen LogP contribution in [0.1, 0.15) is 29.3 Å². The fourth-order valence-electron chi connectivity index (χ4n) is 2.37. The fourth-order valence-corrected chi connectivity index (χ4v) is 2.37. The van der Waals surface area contributed by atoms with Crippen LogP contribution in [0.3, 0.4) is 0 Å². The minimum absolute atomic E-state index is 0.167. The average molecular weight is 225 g/mol. The van der Waals surface area contributed by atoms with Gasteiger partial charge in [-0.25, -0.2) is 4.98 Å². The quantitative estimate of drug-likeness (QED) is 0.781. The molecule has 1 heterocycles. The second-order valence-corrected chi connectivity index (χ2v) is 4.46. The summed E-state index contributed by atoms with van der Waals surface area (Å²) in [5.74, 6) is 0.728. The van der Waals surface area contributed by atoms with Crippen LogP contribution in [-0.2, 0) is 6.42 Å². The highest BCUT2D eigenvalue weighted by Gasteiger charge is 2.23. The lowest BCUT2D eigenvalue weighted by Gasteiger charge is -2.14. The molecule has 17 heavy (non-hydrogen) atoms. The molecular weight excluding hydrogens is 210 g/mol. The molecule has 3 rings (SSSR count). The molecule has 0 saturated heterocycles. The maximum Gasteiger partial charge on any atom is 0.214 e. The zero-order chi connectivity index (χ0) is 11.7. The van der Waals surface area contributed by atoms with Crippen molar-refractivity contribution >= 4 is 0 Å². The zero-order valence-electron chi connectivity index (χ0n) is 9.89. The van der Waals surface area contributed by atoms with Crippen LogP contribution in [0.5, 0.6) is 5.88 Å². The number of nitrogens with zero attached hydrogens (tertiary/aromatic N) is 1. The molecule has 2 aromatic rings. The minimum Gasteiger partial charge on any atom is -0.469 e. The summed E-state index contributed by atoms with van der Waals surface area (Å²) in [5, 5.41) is 0. The van der Waals surface area contributed by atoms with E-state index in [0.29, 0.717) is 0 Å². The van der Waals surface area contributed by atoms with Crippen LogP contribution >= 0.6 is 0 Å². The Morgan fingerprint density at radius 3 is 2.88 bits per heavy atom. The van der Waals surface area contributed by atoms with Gasteiger partial charge in [0.25, 0.3) is 0 Å². The molecule has 0 N–H and O–H groups in total. The minimum atomic E-state index is 0.167. The second kappa shape index (κ2) is 4.21. The fraction of sp³-hybridized carbons (Fsp3) is 0.267. The topological polar surface area (TPSA) is 22.1 Å². The molecule has 0 radical (unpaired) electrons. The highest BCUT2D eigenvalue weighted by molar-refractivity contribution is 5.34. The van der Waals surface area contributed by atoms with Crippen molar-refractivity contribution in [1.82, 2.24) is 4.98 Å². The molecule has 1 unspecified atom stereocenters. The van der Waals surface area contributed by atoms with Crippen molar-refractivity contribution in [2.24, 2.45) is 0 Å². The van der Waals surface area contributed by atoms with Gasteiger partial charge >= 0.3 is 0 Å². The van der Waals surface area contributed by atoms with Gasteiger partial charge in [0.15, 0.2) is 0 Å². The standard InChI is InChI=1S/C15H15NO/c1-11-5-4-8-15(16-11)17-14-10-9-12-6-2-3-7-13(12)14/h2-8,14H,9-10H2,1H3. The van der Waals surface area contributed by atoms with Crippen molar-refractivity contribution < 1.29 is 4.74 Å². The lowest BCUT2D eigenvalue weighted by atomic mass is 10.1. The van der Waals surface area contributed by atoms with Crippen LogP contribution in [0.2, 0.25) is 0 Å². The molecule has 0 amide bonds. The van der Waals surface area contributed by atoms with Gasteiger partial charge in [-0.1, -0.05) is 30.3 Å². The average Bonchev–Trinajstić information content (AvgIpc) is 2.73. The van der Waals surface area contributed by atoms with Crippen LogP contribution < -0.4 is 4.74 Å². The van der Waals surface area contributed by atoms with Gasteiger partial charge in [0.2, 0.25) is 5.88 Å². The molecule has 0 aliphatic heterocycles. The Morgan fingerprint density at radius 1 is 1.12 bits per heavy atom. The Balaban J connectivity index is 1.84. The summed E-state index contributed by atoms with van der Waals surface area (Å²) in [6.45, 7) is 1.98. The van der Waals surface area contributed by atoms with Crippen LogP contribution in [0.25, 0.3) is 0 Å². The van der Waals surface area contributed by atoms with Crippen LogP contribution in [-0.4, -0.2) is 4.98 Å². The zero-order valence-corrected chi connectivity index (χ0v) is 9.89. The van der Waals surface area contributed by atoms with E-state index >= 15 is 0 Å². The van der Waals surface area contributed by atoms with Crippen molar-refractivity contribution in [3.05, 3.63) is 59.3 Å². The van der Waals surface area contributed by atoms with E-state index in [4.69, 9.17) is 4.74 Å². The van der Waals surface area contributed by atoms with E-state index in [1.54, 1.807) is 0 Å². The number of hydrogen-bond acceptors (Lipinski definition) is 2. The molecule has 1 aromatic carbocycles. The van der Waals surface area contributed by atoms with E-state index in [1.165, 1.54) is 11.1 Å². The molecule has 2 nitrogen and oxygen atoms in total. The van der Waals surface area contributed by atoms with Gasteiger partial charge in [-0.3, -0.25) is 0 Å². The number of hydrogen-bond donors (Lipinski definition) is 0. The first-order chi connectivity index (χ1) is 8.33. The molecule has 1 aromatic heterocycles. The van der Waals surface area contributed by atoms with Crippen molar-refractivity contribution in [1.29, 1.82) is 0 Å². The maximum absolute atomic E-state index is 5.97. The van der Waals surface area contributed by atoms with E-state index < -0.39 is 0 Å². The van der Waals surface area contributed by atoms with E-state index in [9.17, 15) is 0 Å². The lowest BCUT2D eigenvalue weighted by molar-refractivity contribution is 0.198. The number of pyridine rings is 1. The Kier molecular flexibility index (Phi) is 2.56. The third-order valence-corrected chi connectivity index (χ3v) is 3.20. The number of aryl methyl sites for hydroxylation is 2. The predicted octanol–water partition coefficient (Wildman–Crippen LogP) is 3.46.